The Hall–Kier alpha value is -0.610. The molecule has 1 saturated heterocycles. The number of ether oxygens (including phenoxy) is 1. The molecule has 3 unspecified atom stereocenters. The summed E-state index contributed by atoms with van der Waals surface area (Å²) in [6, 6.07) is 0. The number of amides is 1. The van der Waals surface area contributed by atoms with E-state index in [4.69, 9.17) is 10.5 Å². The molecule has 1 heterocycles. The van der Waals surface area contributed by atoms with Crippen LogP contribution in [0.25, 0.3) is 0 Å². The van der Waals surface area contributed by atoms with Gasteiger partial charge < -0.3 is 15.8 Å². The third-order valence-corrected chi connectivity index (χ3v) is 6.78. The zero-order valence-corrected chi connectivity index (χ0v) is 13.2. The fourth-order valence-electron chi connectivity index (χ4n) is 4.97. The Bertz CT molecular complexity index is 444. The van der Waals surface area contributed by atoms with Crippen molar-refractivity contribution in [1.29, 1.82) is 0 Å². The quantitative estimate of drug-likeness (QED) is 0.810. The van der Waals surface area contributed by atoms with Gasteiger partial charge in [-0.15, -0.1) is 0 Å². The molecule has 0 bridgehead atoms. The van der Waals surface area contributed by atoms with E-state index in [1.807, 2.05) is 0 Å². The van der Waals surface area contributed by atoms with Gasteiger partial charge in [0, 0.05) is 24.5 Å². The first kappa shape index (κ1) is 14.0. The lowest BCUT2D eigenvalue weighted by molar-refractivity contribution is -0.175. The van der Waals surface area contributed by atoms with Gasteiger partial charge in [-0.25, -0.2) is 0 Å². The molecular formula is C17H28N2O2. The molecule has 3 N–H and O–H groups in total. The molecule has 0 aromatic heterocycles. The van der Waals surface area contributed by atoms with Gasteiger partial charge in [0.05, 0.1) is 6.10 Å². The maximum atomic E-state index is 12.8. The highest BCUT2D eigenvalue weighted by Gasteiger charge is 2.71. The largest absolute Gasteiger partial charge is 0.377 e. The van der Waals surface area contributed by atoms with E-state index >= 15 is 0 Å². The minimum absolute atomic E-state index is 0.0607. The fraction of sp³-hybridized carbons (Fsp3) is 0.941. The normalized spacial score (nSPS) is 40.8. The number of hydrogen-bond acceptors (Lipinski definition) is 3. The standard InChI is InChI=1S/C17H28N2O2/c1-16(2)14-13(7-8-21-14)17(16,18)15(20)19-9-12(10-3-4-10)11-5-6-11/h10-14H,3-9,18H2,1-2H3,(H,19,20). The molecule has 1 aliphatic heterocycles. The molecule has 3 aliphatic carbocycles. The Morgan fingerprint density at radius 2 is 1.86 bits per heavy atom. The van der Waals surface area contributed by atoms with Crippen molar-refractivity contribution in [2.45, 2.75) is 57.6 Å². The lowest BCUT2D eigenvalue weighted by Crippen LogP contribution is -2.80. The van der Waals surface area contributed by atoms with Crippen molar-refractivity contribution in [3.63, 3.8) is 0 Å². The molecule has 0 radical (unpaired) electrons. The van der Waals surface area contributed by atoms with E-state index in [2.05, 4.69) is 19.2 Å². The maximum absolute atomic E-state index is 12.8. The van der Waals surface area contributed by atoms with Crippen LogP contribution in [-0.4, -0.2) is 30.7 Å². The smallest absolute Gasteiger partial charge is 0.241 e. The van der Waals surface area contributed by atoms with Crippen LogP contribution in [0.5, 0.6) is 0 Å². The first-order valence-corrected chi connectivity index (χ1v) is 8.65. The van der Waals surface area contributed by atoms with Crippen LogP contribution < -0.4 is 11.1 Å². The van der Waals surface area contributed by atoms with E-state index in [9.17, 15) is 4.79 Å². The molecule has 21 heavy (non-hydrogen) atoms. The minimum Gasteiger partial charge on any atom is -0.377 e. The summed E-state index contributed by atoms with van der Waals surface area (Å²) in [5.74, 6) is 2.70. The van der Waals surface area contributed by atoms with E-state index in [0.717, 1.165) is 31.4 Å². The Balaban J connectivity index is 1.42. The second kappa shape index (κ2) is 4.45. The van der Waals surface area contributed by atoms with Gasteiger partial charge >= 0.3 is 0 Å². The highest BCUT2D eigenvalue weighted by atomic mass is 16.5. The van der Waals surface area contributed by atoms with Crippen molar-refractivity contribution in [3.8, 4) is 0 Å². The molecule has 3 saturated carbocycles. The predicted octanol–water partition coefficient (Wildman–Crippen LogP) is 1.68. The monoisotopic (exact) mass is 292 g/mol. The second-order valence-electron chi connectivity index (χ2n) is 8.33. The lowest BCUT2D eigenvalue weighted by atomic mass is 9.48. The van der Waals surface area contributed by atoms with E-state index in [1.165, 1.54) is 25.7 Å². The second-order valence-corrected chi connectivity index (χ2v) is 8.33. The lowest BCUT2D eigenvalue weighted by Gasteiger charge is -2.60. The van der Waals surface area contributed by atoms with Crippen molar-refractivity contribution < 1.29 is 9.53 Å². The van der Waals surface area contributed by atoms with E-state index in [1.54, 1.807) is 0 Å². The Kier molecular flexibility index (Phi) is 2.97. The van der Waals surface area contributed by atoms with Crippen molar-refractivity contribution in [1.82, 2.24) is 5.32 Å². The third kappa shape index (κ3) is 1.91. The highest BCUT2D eigenvalue weighted by molar-refractivity contribution is 5.89. The molecule has 0 aromatic carbocycles. The fourth-order valence-corrected chi connectivity index (χ4v) is 4.97. The number of carbonyl (C=O) groups is 1. The maximum Gasteiger partial charge on any atom is 0.241 e. The molecule has 4 heteroatoms. The van der Waals surface area contributed by atoms with Gasteiger partial charge in [0.25, 0.3) is 0 Å². The number of fused-ring (bicyclic) bond motifs is 1. The summed E-state index contributed by atoms with van der Waals surface area (Å²) in [7, 11) is 0. The summed E-state index contributed by atoms with van der Waals surface area (Å²) in [6.07, 6.45) is 6.51. The van der Waals surface area contributed by atoms with Crippen molar-refractivity contribution in [2.75, 3.05) is 13.2 Å². The first-order chi connectivity index (χ1) is 9.96. The molecule has 4 aliphatic rings. The Morgan fingerprint density at radius 3 is 2.43 bits per heavy atom. The highest BCUT2D eigenvalue weighted by Crippen LogP contribution is 2.58. The van der Waals surface area contributed by atoms with Crippen molar-refractivity contribution in [3.05, 3.63) is 0 Å². The third-order valence-electron chi connectivity index (χ3n) is 6.78. The molecule has 4 nitrogen and oxygen atoms in total. The van der Waals surface area contributed by atoms with Crippen LogP contribution in [0, 0.1) is 29.1 Å². The van der Waals surface area contributed by atoms with Crippen LogP contribution in [-0.2, 0) is 9.53 Å². The molecular weight excluding hydrogens is 264 g/mol. The Labute approximate surface area is 127 Å². The topological polar surface area (TPSA) is 64.3 Å². The molecule has 4 fully saturated rings. The van der Waals surface area contributed by atoms with Gasteiger partial charge in [-0.1, -0.05) is 13.8 Å². The molecule has 4 rings (SSSR count). The number of hydrogen-bond donors (Lipinski definition) is 2. The van der Waals surface area contributed by atoms with Crippen molar-refractivity contribution in [2.24, 2.45) is 34.8 Å². The summed E-state index contributed by atoms with van der Waals surface area (Å²) < 4.78 is 5.77. The number of carbonyl (C=O) groups excluding carboxylic acids is 1. The van der Waals surface area contributed by atoms with E-state index < -0.39 is 5.54 Å². The minimum atomic E-state index is -0.744. The van der Waals surface area contributed by atoms with E-state index in [-0.39, 0.29) is 23.3 Å². The first-order valence-electron chi connectivity index (χ1n) is 8.65. The van der Waals surface area contributed by atoms with Crippen LogP contribution in [0.3, 0.4) is 0 Å². The number of nitrogens with one attached hydrogen (secondary N) is 1. The summed E-state index contributed by atoms with van der Waals surface area (Å²) in [4.78, 5) is 12.8. The average Bonchev–Trinajstić information content (AvgIpc) is 3.38. The van der Waals surface area contributed by atoms with E-state index in [0.29, 0.717) is 5.92 Å². The van der Waals surface area contributed by atoms with Crippen molar-refractivity contribution >= 4 is 5.91 Å². The average molecular weight is 292 g/mol. The molecule has 0 spiro atoms. The van der Waals surface area contributed by atoms with Gasteiger partial charge in [-0.3, -0.25) is 4.79 Å². The SMILES string of the molecule is CC1(C)C2OCCC2C1(N)C(=O)NCC(C1CC1)C1CC1. The zero-order chi connectivity index (χ0) is 14.8. The molecule has 1 amide bonds. The van der Waals surface area contributed by atoms with Gasteiger partial charge in [0.1, 0.15) is 5.54 Å². The summed E-state index contributed by atoms with van der Waals surface area (Å²) in [5.41, 5.74) is 5.59. The Morgan fingerprint density at radius 1 is 1.24 bits per heavy atom. The summed E-state index contributed by atoms with van der Waals surface area (Å²) in [6.45, 7) is 5.75. The van der Waals surface area contributed by atoms with Crippen LogP contribution in [0.15, 0.2) is 0 Å². The van der Waals surface area contributed by atoms with Crippen LogP contribution >= 0.6 is 0 Å². The van der Waals surface area contributed by atoms with Gasteiger partial charge in [0.15, 0.2) is 0 Å². The molecule has 3 atom stereocenters. The van der Waals surface area contributed by atoms with Crippen LogP contribution in [0.1, 0.15) is 46.0 Å². The zero-order valence-electron chi connectivity index (χ0n) is 13.2. The predicted molar refractivity (Wildman–Crippen MR) is 80.5 cm³/mol. The van der Waals surface area contributed by atoms with Crippen LogP contribution in [0.4, 0.5) is 0 Å². The molecule has 118 valence electrons. The number of nitrogens with two attached hydrogens (primary N) is 1. The van der Waals surface area contributed by atoms with Gasteiger partial charge in [0.2, 0.25) is 5.91 Å². The van der Waals surface area contributed by atoms with Gasteiger partial charge in [-0.05, 0) is 49.9 Å². The number of rotatable bonds is 5. The van der Waals surface area contributed by atoms with Crippen LogP contribution in [0.2, 0.25) is 0 Å². The van der Waals surface area contributed by atoms with Gasteiger partial charge in [-0.2, -0.15) is 0 Å². The summed E-state index contributed by atoms with van der Waals surface area (Å²) in [5, 5.41) is 3.22. The summed E-state index contributed by atoms with van der Waals surface area (Å²) >= 11 is 0. The molecule has 0 aromatic rings.